The van der Waals surface area contributed by atoms with Gasteiger partial charge in [0.1, 0.15) is 0 Å². The highest BCUT2D eigenvalue weighted by atomic mass is 16.3. The fraction of sp³-hybridized carbons (Fsp3) is 0.947. The molecule has 3 rings (SSSR count). The van der Waals surface area contributed by atoms with Gasteiger partial charge in [-0.05, 0) is 51.1 Å². The van der Waals surface area contributed by atoms with Gasteiger partial charge in [-0.25, -0.2) is 0 Å². The number of piperazine rings is 1. The van der Waals surface area contributed by atoms with Crippen LogP contribution >= 0.6 is 0 Å². The van der Waals surface area contributed by atoms with Crippen LogP contribution in [-0.2, 0) is 4.79 Å². The van der Waals surface area contributed by atoms with Crippen LogP contribution in [0.3, 0.4) is 0 Å². The summed E-state index contributed by atoms with van der Waals surface area (Å²) in [5.41, 5.74) is 0. The first-order chi connectivity index (χ1) is 11.5. The number of carbonyl (C=O) groups excluding carboxylic acids is 1. The summed E-state index contributed by atoms with van der Waals surface area (Å²) in [5.74, 6) is 1.32. The topological polar surface area (TPSA) is 47.0 Å². The predicted octanol–water partition coefficient (Wildman–Crippen LogP) is 1.41. The molecule has 2 atom stereocenters. The Hall–Kier alpha value is -0.650. The Morgan fingerprint density at radius 2 is 1.67 bits per heavy atom. The molecule has 138 valence electrons. The second kappa shape index (κ2) is 8.15. The molecule has 3 fully saturated rings. The molecule has 5 nitrogen and oxygen atoms in total. The van der Waals surface area contributed by atoms with Gasteiger partial charge in [0.15, 0.2) is 0 Å². The van der Waals surface area contributed by atoms with E-state index in [2.05, 4.69) is 28.5 Å². The number of hydrogen-bond donors (Lipinski definition) is 1. The van der Waals surface area contributed by atoms with E-state index in [0.717, 1.165) is 77.9 Å². The van der Waals surface area contributed by atoms with Crippen LogP contribution in [0.5, 0.6) is 0 Å². The first kappa shape index (κ1) is 18.2. The molecular formula is C19H35N3O2. The summed E-state index contributed by atoms with van der Waals surface area (Å²) >= 11 is 0. The molecule has 0 aromatic carbocycles. The Morgan fingerprint density at radius 3 is 2.21 bits per heavy atom. The molecule has 0 bridgehead atoms. The average molecular weight is 338 g/mol. The molecule has 2 heterocycles. The van der Waals surface area contributed by atoms with Crippen molar-refractivity contribution in [1.82, 2.24) is 14.7 Å². The monoisotopic (exact) mass is 337 g/mol. The minimum Gasteiger partial charge on any atom is -0.391 e. The molecular weight excluding hydrogens is 302 g/mol. The van der Waals surface area contributed by atoms with Crippen LogP contribution < -0.4 is 0 Å². The van der Waals surface area contributed by atoms with Gasteiger partial charge in [0.25, 0.3) is 0 Å². The Kier molecular flexibility index (Phi) is 6.17. The highest BCUT2D eigenvalue weighted by Crippen LogP contribution is 2.26. The van der Waals surface area contributed by atoms with Crippen molar-refractivity contribution in [3.8, 4) is 0 Å². The Bertz CT molecular complexity index is 413. The summed E-state index contributed by atoms with van der Waals surface area (Å²) < 4.78 is 0. The third kappa shape index (κ3) is 4.30. The van der Waals surface area contributed by atoms with E-state index in [1.807, 2.05) is 0 Å². The molecule has 1 aliphatic carbocycles. The molecule has 1 amide bonds. The lowest BCUT2D eigenvalue weighted by Crippen LogP contribution is -2.55. The molecule has 3 aliphatic rings. The summed E-state index contributed by atoms with van der Waals surface area (Å²) in [6.07, 6.45) is 5.08. The molecule has 0 spiro atoms. The van der Waals surface area contributed by atoms with Gasteiger partial charge in [0, 0.05) is 44.7 Å². The Labute approximate surface area is 147 Å². The third-order valence-corrected chi connectivity index (χ3v) is 6.10. The van der Waals surface area contributed by atoms with E-state index < -0.39 is 0 Å². The molecule has 1 N–H and O–H groups in total. The van der Waals surface area contributed by atoms with Crippen LogP contribution in [0.1, 0.15) is 46.0 Å². The average Bonchev–Trinajstić information content (AvgIpc) is 3.00. The number of aliphatic hydroxyl groups is 1. The molecule has 2 aliphatic heterocycles. The second-order valence-electron chi connectivity index (χ2n) is 8.40. The summed E-state index contributed by atoms with van der Waals surface area (Å²) in [4.78, 5) is 19.8. The fourth-order valence-electron chi connectivity index (χ4n) is 4.76. The lowest BCUT2D eigenvalue weighted by Gasteiger charge is -2.41. The van der Waals surface area contributed by atoms with E-state index in [9.17, 15) is 9.90 Å². The van der Waals surface area contributed by atoms with Crippen molar-refractivity contribution < 1.29 is 9.90 Å². The number of amides is 1. The van der Waals surface area contributed by atoms with Crippen LogP contribution in [0.25, 0.3) is 0 Å². The van der Waals surface area contributed by atoms with Crippen LogP contribution in [-0.4, -0.2) is 83.7 Å². The standard InChI is InChI=1S/C19H35N3O2/c1-15(2)14-20-8-6-16(7-9-20)19(24)22-12-10-21(11-13-22)17-4-3-5-18(17)23/h15-18,23H,3-14H2,1-2H3/t17-,18+/m1/s1. The highest BCUT2D eigenvalue weighted by Gasteiger charge is 2.35. The van der Waals surface area contributed by atoms with E-state index in [1.165, 1.54) is 0 Å². The first-order valence-electron chi connectivity index (χ1n) is 9.98. The zero-order valence-electron chi connectivity index (χ0n) is 15.5. The van der Waals surface area contributed by atoms with E-state index in [0.29, 0.717) is 17.9 Å². The maximum Gasteiger partial charge on any atom is 0.225 e. The van der Waals surface area contributed by atoms with Crippen molar-refractivity contribution in [2.45, 2.75) is 58.1 Å². The number of aliphatic hydroxyl groups excluding tert-OH is 1. The number of rotatable bonds is 4. The van der Waals surface area contributed by atoms with E-state index >= 15 is 0 Å². The quantitative estimate of drug-likeness (QED) is 0.843. The minimum atomic E-state index is -0.155. The van der Waals surface area contributed by atoms with Gasteiger partial charge in [-0.2, -0.15) is 0 Å². The number of carbonyl (C=O) groups is 1. The number of likely N-dealkylation sites (tertiary alicyclic amines) is 1. The highest BCUT2D eigenvalue weighted by molar-refractivity contribution is 5.79. The maximum absolute atomic E-state index is 12.8. The van der Waals surface area contributed by atoms with Crippen LogP contribution in [0.2, 0.25) is 0 Å². The van der Waals surface area contributed by atoms with E-state index in [-0.39, 0.29) is 12.0 Å². The minimum absolute atomic E-state index is 0.155. The Balaban J connectivity index is 1.42. The third-order valence-electron chi connectivity index (χ3n) is 6.10. The van der Waals surface area contributed by atoms with Crippen molar-refractivity contribution >= 4 is 5.91 Å². The van der Waals surface area contributed by atoms with E-state index in [4.69, 9.17) is 0 Å². The van der Waals surface area contributed by atoms with Gasteiger partial charge in [0.2, 0.25) is 5.91 Å². The van der Waals surface area contributed by atoms with Crippen LogP contribution in [0, 0.1) is 11.8 Å². The number of hydrogen-bond acceptors (Lipinski definition) is 4. The van der Waals surface area contributed by atoms with Crippen molar-refractivity contribution in [2.24, 2.45) is 11.8 Å². The zero-order valence-corrected chi connectivity index (χ0v) is 15.5. The van der Waals surface area contributed by atoms with Gasteiger partial charge in [-0.15, -0.1) is 0 Å². The molecule has 5 heteroatoms. The first-order valence-corrected chi connectivity index (χ1v) is 9.98. The summed E-state index contributed by atoms with van der Waals surface area (Å²) in [6, 6.07) is 0.335. The van der Waals surface area contributed by atoms with Crippen molar-refractivity contribution in [2.75, 3.05) is 45.8 Å². The molecule has 0 unspecified atom stereocenters. The summed E-state index contributed by atoms with van der Waals surface area (Å²) in [5, 5.41) is 10.1. The van der Waals surface area contributed by atoms with Gasteiger partial charge in [-0.3, -0.25) is 9.69 Å². The fourth-order valence-corrected chi connectivity index (χ4v) is 4.76. The van der Waals surface area contributed by atoms with Gasteiger partial charge in [0.05, 0.1) is 6.10 Å². The largest absolute Gasteiger partial charge is 0.391 e. The van der Waals surface area contributed by atoms with Gasteiger partial charge in [-0.1, -0.05) is 13.8 Å². The van der Waals surface area contributed by atoms with Crippen LogP contribution in [0.4, 0.5) is 0 Å². The SMILES string of the molecule is CC(C)CN1CCC(C(=O)N2CCN([C@@H]3CCC[C@@H]3O)CC2)CC1. The van der Waals surface area contributed by atoms with Gasteiger partial charge >= 0.3 is 0 Å². The Morgan fingerprint density at radius 1 is 1.00 bits per heavy atom. The second-order valence-corrected chi connectivity index (χ2v) is 8.40. The molecule has 0 aromatic rings. The zero-order chi connectivity index (χ0) is 17.1. The number of piperidine rings is 1. The van der Waals surface area contributed by atoms with Crippen LogP contribution in [0.15, 0.2) is 0 Å². The molecule has 2 saturated heterocycles. The maximum atomic E-state index is 12.8. The predicted molar refractivity (Wildman–Crippen MR) is 95.8 cm³/mol. The smallest absolute Gasteiger partial charge is 0.225 e. The van der Waals surface area contributed by atoms with Gasteiger partial charge < -0.3 is 14.9 Å². The molecule has 0 radical (unpaired) electrons. The lowest BCUT2D eigenvalue weighted by molar-refractivity contribution is -0.139. The molecule has 24 heavy (non-hydrogen) atoms. The van der Waals surface area contributed by atoms with Crippen molar-refractivity contribution in [1.29, 1.82) is 0 Å². The number of nitrogens with zero attached hydrogens (tertiary/aromatic N) is 3. The molecule has 1 saturated carbocycles. The lowest BCUT2D eigenvalue weighted by atomic mass is 9.94. The summed E-state index contributed by atoms with van der Waals surface area (Å²) in [6.45, 7) is 11.4. The molecule has 0 aromatic heterocycles. The van der Waals surface area contributed by atoms with E-state index in [1.54, 1.807) is 0 Å². The van der Waals surface area contributed by atoms with Crippen molar-refractivity contribution in [3.05, 3.63) is 0 Å². The summed E-state index contributed by atoms with van der Waals surface area (Å²) in [7, 11) is 0. The normalized spacial score (nSPS) is 31.1. The van der Waals surface area contributed by atoms with Crippen molar-refractivity contribution in [3.63, 3.8) is 0 Å².